The molecule has 0 aliphatic carbocycles. The van der Waals surface area contributed by atoms with Crippen LogP contribution in [0.15, 0.2) is 47.2 Å². The largest absolute Gasteiger partial charge is 0.492 e. The zero-order valence-corrected chi connectivity index (χ0v) is 13.3. The van der Waals surface area contributed by atoms with Gasteiger partial charge in [0.15, 0.2) is 0 Å². The molecule has 3 nitrogen and oxygen atoms in total. The lowest BCUT2D eigenvalue weighted by Gasteiger charge is -2.08. The zero-order chi connectivity index (χ0) is 14.4. The molecule has 2 aromatic rings. The second kappa shape index (κ2) is 7.50. The summed E-state index contributed by atoms with van der Waals surface area (Å²) in [7, 11) is 0. The first kappa shape index (κ1) is 15.1. The first-order valence-corrected chi connectivity index (χ1v) is 7.75. The van der Waals surface area contributed by atoms with Crippen molar-refractivity contribution in [2.24, 2.45) is 5.73 Å². The molecule has 0 radical (unpaired) electrons. The topological polar surface area (TPSA) is 40.2 Å². The molecule has 0 saturated heterocycles. The number of hydrogen-bond acceptors (Lipinski definition) is 2. The van der Waals surface area contributed by atoms with Gasteiger partial charge in [-0.25, -0.2) is 0 Å². The first-order valence-electron chi connectivity index (χ1n) is 6.96. The average molecular weight is 337 g/mol. The van der Waals surface area contributed by atoms with Crippen LogP contribution in [0.5, 0.6) is 5.75 Å². The van der Waals surface area contributed by atoms with Gasteiger partial charge in [0.05, 0.1) is 6.54 Å². The molecule has 1 atom stereocenters. The van der Waals surface area contributed by atoms with E-state index in [0.717, 1.165) is 29.6 Å². The Morgan fingerprint density at radius 1 is 1.25 bits per heavy atom. The summed E-state index contributed by atoms with van der Waals surface area (Å²) < 4.78 is 8.92. The Morgan fingerprint density at radius 2 is 2.00 bits per heavy atom. The SMILES string of the molecule is CCC(N)Cc1ccn(CCOc2ccc(Br)cc2)c1. The van der Waals surface area contributed by atoms with E-state index in [-0.39, 0.29) is 6.04 Å². The van der Waals surface area contributed by atoms with Crippen LogP contribution in [0.25, 0.3) is 0 Å². The van der Waals surface area contributed by atoms with Crippen molar-refractivity contribution in [1.82, 2.24) is 4.57 Å². The van der Waals surface area contributed by atoms with Crippen LogP contribution in [0, 0.1) is 0 Å². The van der Waals surface area contributed by atoms with E-state index in [1.165, 1.54) is 5.56 Å². The first-order chi connectivity index (χ1) is 9.67. The highest BCUT2D eigenvalue weighted by Crippen LogP contribution is 2.16. The van der Waals surface area contributed by atoms with E-state index in [2.05, 4.69) is 45.9 Å². The second-order valence-electron chi connectivity index (χ2n) is 4.93. The van der Waals surface area contributed by atoms with Crippen LogP contribution >= 0.6 is 15.9 Å². The minimum Gasteiger partial charge on any atom is -0.492 e. The molecule has 0 aliphatic rings. The summed E-state index contributed by atoms with van der Waals surface area (Å²) in [5.74, 6) is 0.897. The molecule has 4 heteroatoms. The Kier molecular flexibility index (Phi) is 5.68. The maximum Gasteiger partial charge on any atom is 0.119 e. The van der Waals surface area contributed by atoms with Crippen molar-refractivity contribution in [3.8, 4) is 5.75 Å². The predicted molar refractivity (Wildman–Crippen MR) is 86.0 cm³/mol. The highest BCUT2D eigenvalue weighted by Gasteiger charge is 2.03. The van der Waals surface area contributed by atoms with E-state index in [1.807, 2.05) is 24.3 Å². The quantitative estimate of drug-likeness (QED) is 0.838. The molecule has 2 N–H and O–H groups in total. The summed E-state index contributed by atoms with van der Waals surface area (Å²) in [4.78, 5) is 0. The van der Waals surface area contributed by atoms with Gasteiger partial charge in [-0.15, -0.1) is 0 Å². The van der Waals surface area contributed by atoms with Crippen molar-refractivity contribution in [1.29, 1.82) is 0 Å². The Labute approximate surface area is 128 Å². The number of halogens is 1. The summed E-state index contributed by atoms with van der Waals surface area (Å²) in [6.45, 7) is 3.63. The Bertz CT molecular complexity index is 522. The lowest BCUT2D eigenvalue weighted by Crippen LogP contribution is -2.21. The fraction of sp³-hybridized carbons (Fsp3) is 0.375. The van der Waals surface area contributed by atoms with Gasteiger partial charge in [-0.3, -0.25) is 0 Å². The van der Waals surface area contributed by atoms with Gasteiger partial charge in [-0.05, 0) is 48.7 Å². The molecule has 0 aliphatic heterocycles. The molecule has 0 fully saturated rings. The van der Waals surface area contributed by atoms with Crippen molar-refractivity contribution in [2.75, 3.05) is 6.61 Å². The molecule has 1 unspecified atom stereocenters. The van der Waals surface area contributed by atoms with E-state index >= 15 is 0 Å². The molecule has 0 amide bonds. The predicted octanol–water partition coefficient (Wildman–Crippen LogP) is 3.61. The molecule has 1 heterocycles. The zero-order valence-electron chi connectivity index (χ0n) is 11.8. The molecule has 0 spiro atoms. The number of nitrogens with zero attached hydrogens (tertiary/aromatic N) is 1. The van der Waals surface area contributed by atoms with E-state index in [4.69, 9.17) is 10.5 Å². The van der Waals surface area contributed by atoms with Gasteiger partial charge in [0.1, 0.15) is 12.4 Å². The fourth-order valence-electron chi connectivity index (χ4n) is 2.00. The molecule has 20 heavy (non-hydrogen) atoms. The third-order valence-electron chi connectivity index (χ3n) is 3.27. The van der Waals surface area contributed by atoms with Crippen molar-refractivity contribution < 1.29 is 4.74 Å². The van der Waals surface area contributed by atoms with E-state index in [9.17, 15) is 0 Å². The number of aromatic nitrogens is 1. The average Bonchev–Trinajstić information content (AvgIpc) is 2.88. The molecule has 0 bridgehead atoms. The van der Waals surface area contributed by atoms with Crippen molar-refractivity contribution in [3.05, 3.63) is 52.8 Å². The van der Waals surface area contributed by atoms with Gasteiger partial charge >= 0.3 is 0 Å². The van der Waals surface area contributed by atoms with Crippen molar-refractivity contribution >= 4 is 15.9 Å². The third-order valence-corrected chi connectivity index (χ3v) is 3.79. The maximum atomic E-state index is 5.96. The summed E-state index contributed by atoms with van der Waals surface area (Å²) in [5.41, 5.74) is 7.26. The summed E-state index contributed by atoms with van der Waals surface area (Å²) >= 11 is 3.41. The van der Waals surface area contributed by atoms with E-state index < -0.39 is 0 Å². The minimum atomic E-state index is 0.255. The van der Waals surface area contributed by atoms with Crippen molar-refractivity contribution in [3.63, 3.8) is 0 Å². The van der Waals surface area contributed by atoms with Gasteiger partial charge in [0.25, 0.3) is 0 Å². The Morgan fingerprint density at radius 3 is 2.70 bits per heavy atom. The Hall–Kier alpha value is -1.26. The van der Waals surface area contributed by atoms with Crippen LogP contribution in [0.4, 0.5) is 0 Å². The molecule has 108 valence electrons. The molecule has 1 aromatic heterocycles. The maximum absolute atomic E-state index is 5.96. The lowest BCUT2D eigenvalue weighted by molar-refractivity contribution is 0.298. The van der Waals surface area contributed by atoms with Crippen LogP contribution in [0.2, 0.25) is 0 Å². The van der Waals surface area contributed by atoms with Gasteiger partial charge in [-0.2, -0.15) is 0 Å². The Balaban J connectivity index is 1.78. The number of ether oxygens (including phenoxy) is 1. The molecule has 0 saturated carbocycles. The molecular formula is C16H21BrN2O. The van der Waals surface area contributed by atoms with E-state index in [1.54, 1.807) is 0 Å². The third kappa shape index (κ3) is 4.69. The van der Waals surface area contributed by atoms with Crippen molar-refractivity contribution in [2.45, 2.75) is 32.4 Å². The molecular weight excluding hydrogens is 316 g/mol. The van der Waals surface area contributed by atoms with Crippen LogP contribution in [-0.4, -0.2) is 17.2 Å². The highest BCUT2D eigenvalue weighted by molar-refractivity contribution is 9.10. The van der Waals surface area contributed by atoms with E-state index in [0.29, 0.717) is 6.61 Å². The monoisotopic (exact) mass is 336 g/mol. The lowest BCUT2D eigenvalue weighted by atomic mass is 10.1. The summed E-state index contributed by atoms with van der Waals surface area (Å²) in [5, 5.41) is 0. The van der Waals surface area contributed by atoms with Crippen LogP contribution in [-0.2, 0) is 13.0 Å². The van der Waals surface area contributed by atoms with Gasteiger partial charge in [-0.1, -0.05) is 22.9 Å². The normalized spacial score (nSPS) is 12.3. The number of benzene rings is 1. The van der Waals surface area contributed by atoms with Crippen LogP contribution in [0.3, 0.4) is 0 Å². The number of hydrogen-bond donors (Lipinski definition) is 1. The minimum absolute atomic E-state index is 0.255. The molecule has 2 rings (SSSR count). The summed E-state index contributed by atoms with van der Waals surface area (Å²) in [6.07, 6.45) is 6.19. The van der Waals surface area contributed by atoms with Gasteiger partial charge < -0.3 is 15.0 Å². The van der Waals surface area contributed by atoms with Crippen LogP contribution < -0.4 is 10.5 Å². The van der Waals surface area contributed by atoms with Crippen LogP contribution in [0.1, 0.15) is 18.9 Å². The fourth-order valence-corrected chi connectivity index (χ4v) is 2.26. The number of nitrogens with two attached hydrogens (primary N) is 1. The summed E-state index contributed by atoms with van der Waals surface area (Å²) in [6, 6.07) is 10.3. The highest BCUT2D eigenvalue weighted by atomic mass is 79.9. The smallest absolute Gasteiger partial charge is 0.119 e. The van der Waals surface area contributed by atoms with Gasteiger partial charge in [0.2, 0.25) is 0 Å². The molecule has 1 aromatic carbocycles. The number of rotatable bonds is 7. The van der Waals surface area contributed by atoms with Gasteiger partial charge in [0, 0.05) is 22.9 Å². The standard InChI is InChI=1S/C16H21BrN2O/c1-2-15(18)11-13-7-8-19(12-13)9-10-20-16-5-3-14(17)4-6-16/h3-8,12,15H,2,9-11,18H2,1H3. The second-order valence-corrected chi connectivity index (χ2v) is 5.85.